The molecule has 0 aliphatic heterocycles. The van der Waals surface area contributed by atoms with E-state index in [-0.39, 0.29) is 0 Å². The van der Waals surface area contributed by atoms with E-state index in [4.69, 9.17) is 0 Å². The predicted octanol–water partition coefficient (Wildman–Crippen LogP) is 2.62. The lowest BCUT2D eigenvalue weighted by molar-refractivity contribution is 0.0808. The van der Waals surface area contributed by atoms with Crippen LogP contribution in [0.4, 0.5) is 0 Å². The van der Waals surface area contributed by atoms with Gasteiger partial charge in [-0.25, -0.2) is 0 Å². The molecule has 0 atom stereocenters. The molecule has 1 aromatic carbocycles. The SMILES string of the molecule is Cc1ccc(C)c(CC(C)(C)O)c1. The maximum Gasteiger partial charge on any atom is 0.0632 e. The van der Waals surface area contributed by atoms with Crippen LogP contribution in [0.1, 0.15) is 30.5 Å². The van der Waals surface area contributed by atoms with Crippen LogP contribution in [0.5, 0.6) is 0 Å². The number of hydrogen-bond donors (Lipinski definition) is 1. The fourth-order valence-electron chi connectivity index (χ4n) is 1.46. The largest absolute Gasteiger partial charge is 0.390 e. The van der Waals surface area contributed by atoms with Gasteiger partial charge >= 0.3 is 0 Å². The minimum atomic E-state index is -0.613. The molecule has 0 bridgehead atoms. The minimum Gasteiger partial charge on any atom is -0.390 e. The first-order chi connectivity index (χ1) is 5.88. The van der Waals surface area contributed by atoms with Gasteiger partial charge in [0.2, 0.25) is 0 Å². The smallest absolute Gasteiger partial charge is 0.0632 e. The van der Waals surface area contributed by atoms with Gasteiger partial charge < -0.3 is 5.11 Å². The molecule has 0 spiro atoms. The first-order valence-corrected chi connectivity index (χ1v) is 4.67. The Kier molecular flexibility index (Phi) is 2.77. The van der Waals surface area contributed by atoms with E-state index in [2.05, 4.69) is 32.0 Å². The third kappa shape index (κ3) is 3.19. The van der Waals surface area contributed by atoms with Crippen LogP contribution in [0.25, 0.3) is 0 Å². The average Bonchev–Trinajstić information content (AvgIpc) is 1.94. The van der Waals surface area contributed by atoms with Crippen LogP contribution in [0.15, 0.2) is 18.2 Å². The number of rotatable bonds is 2. The number of hydrogen-bond acceptors (Lipinski definition) is 1. The van der Waals surface area contributed by atoms with E-state index in [0.29, 0.717) is 0 Å². The predicted molar refractivity (Wildman–Crippen MR) is 55.9 cm³/mol. The summed E-state index contributed by atoms with van der Waals surface area (Å²) in [6, 6.07) is 6.35. The molecule has 1 N–H and O–H groups in total. The van der Waals surface area contributed by atoms with Crippen LogP contribution in [-0.2, 0) is 6.42 Å². The van der Waals surface area contributed by atoms with E-state index >= 15 is 0 Å². The minimum absolute atomic E-state index is 0.613. The van der Waals surface area contributed by atoms with E-state index < -0.39 is 5.60 Å². The highest BCUT2D eigenvalue weighted by Gasteiger charge is 2.14. The maximum absolute atomic E-state index is 9.69. The summed E-state index contributed by atoms with van der Waals surface area (Å²) in [5, 5.41) is 9.69. The standard InChI is InChI=1S/C12H18O/c1-9-5-6-10(2)11(7-9)8-12(3,4)13/h5-7,13H,8H2,1-4H3. The van der Waals surface area contributed by atoms with Crippen molar-refractivity contribution in [3.8, 4) is 0 Å². The molecule has 0 unspecified atom stereocenters. The second kappa shape index (κ2) is 3.51. The molecule has 1 aromatic rings. The third-order valence-electron chi connectivity index (χ3n) is 2.13. The van der Waals surface area contributed by atoms with Gasteiger partial charge in [-0.1, -0.05) is 23.8 Å². The summed E-state index contributed by atoms with van der Waals surface area (Å²) in [6.07, 6.45) is 0.723. The van der Waals surface area contributed by atoms with Crippen molar-refractivity contribution in [3.05, 3.63) is 34.9 Å². The molecule has 0 fully saturated rings. The summed E-state index contributed by atoms with van der Waals surface area (Å²) in [5.41, 5.74) is 3.14. The second-order valence-corrected chi connectivity index (χ2v) is 4.42. The second-order valence-electron chi connectivity index (χ2n) is 4.42. The summed E-state index contributed by atoms with van der Waals surface area (Å²) < 4.78 is 0. The van der Waals surface area contributed by atoms with Crippen LogP contribution in [-0.4, -0.2) is 10.7 Å². The monoisotopic (exact) mass is 178 g/mol. The van der Waals surface area contributed by atoms with Gasteiger partial charge in [0.15, 0.2) is 0 Å². The van der Waals surface area contributed by atoms with Crippen molar-refractivity contribution in [2.75, 3.05) is 0 Å². The van der Waals surface area contributed by atoms with Crippen LogP contribution < -0.4 is 0 Å². The quantitative estimate of drug-likeness (QED) is 0.738. The van der Waals surface area contributed by atoms with Crippen LogP contribution in [0.3, 0.4) is 0 Å². The van der Waals surface area contributed by atoms with Gasteiger partial charge in [-0.3, -0.25) is 0 Å². The van der Waals surface area contributed by atoms with Gasteiger partial charge in [0.25, 0.3) is 0 Å². The van der Waals surface area contributed by atoms with Gasteiger partial charge in [-0.2, -0.15) is 0 Å². The molecule has 13 heavy (non-hydrogen) atoms. The molecule has 0 heterocycles. The fraction of sp³-hybridized carbons (Fsp3) is 0.500. The van der Waals surface area contributed by atoms with Gasteiger partial charge in [-0.05, 0) is 38.8 Å². The van der Waals surface area contributed by atoms with Crippen molar-refractivity contribution in [1.29, 1.82) is 0 Å². The maximum atomic E-state index is 9.69. The highest BCUT2D eigenvalue weighted by Crippen LogP contribution is 2.17. The molecule has 0 aliphatic carbocycles. The lowest BCUT2D eigenvalue weighted by Crippen LogP contribution is -2.22. The topological polar surface area (TPSA) is 20.2 Å². The van der Waals surface area contributed by atoms with Crippen molar-refractivity contribution in [2.24, 2.45) is 0 Å². The summed E-state index contributed by atoms with van der Waals surface area (Å²) in [7, 11) is 0. The highest BCUT2D eigenvalue weighted by atomic mass is 16.3. The van der Waals surface area contributed by atoms with E-state index in [1.807, 2.05) is 13.8 Å². The molecule has 0 saturated carbocycles. The summed E-state index contributed by atoms with van der Waals surface area (Å²) >= 11 is 0. The Labute approximate surface area is 80.4 Å². The van der Waals surface area contributed by atoms with E-state index in [0.717, 1.165) is 6.42 Å². The van der Waals surface area contributed by atoms with Gasteiger partial charge in [0.05, 0.1) is 5.60 Å². The summed E-state index contributed by atoms with van der Waals surface area (Å²) in [6.45, 7) is 7.84. The molecule has 0 saturated heterocycles. The van der Waals surface area contributed by atoms with Gasteiger partial charge in [0, 0.05) is 6.42 Å². The molecule has 0 amide bonds. The Bertz CT molecular complexity index is 294. The van der Waals surface area contributed by atoms with E-state index in [1.165, 1.54) is 16.7 Å². The number of aryl methyl sites for hydroxylation is 2. The number of aliphatic hydroxyl groups is 1. The zero-order chi connectivity index (χ0) is 10.1. The van der Waals surface area contributed by atoms with Gasteiger partial charge in [-0.15, -0.1) is 0 Å². The average molecular weight is 178 g/mol. The lowest BCUT2D eigenvalue weighted by Gasteiger charge is -2.18. The van der Waals surface area contributed by atoms with Crippen LogP contribution in [0.2, 0.25) is 0 Å². The molecule has 1 heteroatoms. The molecule has 72 valence electrons. The van der Waals surface area contributed by atoms with Crippen molar-refractivity contribution < 1.29 is 5.11 Å². The summed E-state index contributed by atoms with van der Waals surface area (Å²) in [5.74, 6) is 0. The Morgan fingerprint density at radius 3 is 2.38 bits per heavy atom. The highest BCUT2D eigenvalue weighted by molar-refractivity contribution is 5.31. The third-order valence-corrected chi connectivity index (χ3v) is 2.13. The van der Waals surface area contributed by atoms with Crippen molar-refractivity contribution in [1.82, 2.24) is 0 Å². The Balaban J connectivity index is 2.94. The molecule has 0 aliphatic rings. The van der Waals surface area contributed by atoms with E-state index in [9.17, 15) is 5.11 Å². The van der Waals surface area contributed by atoms with Crippen LogP contribution >= 0.6 is 0 Å². The van der Waals surface area contributed by atoms with Crippen molar-refractivity contribution >= 4 is 0 Å². The Morgan fingerprint density at radius 1 is 1.23 bits per heavy atom. The molecule has 0 radical (unpaired) electrons. The first-order valence-electron chi connectivity index (χ1n) is 4.67. The Hall–Kier alpha value is -0.820. The van der Waals surface area contributed by atoms with Crippen LogP contribution in [0, 0.1) is 13.8 Å². The Morgan fingerprint density at radius 2 is 1.85 bits per heavy atom. The summed E-state index contributed by atoms with van der Waals surface area (Å²) in [4.78, 5) is 0. The zero-order valence-corrected chi connectivity index (χ0v) is 8.89. The molecular weight excluding hydrogens is 160 g/mol. The molecule has 1 nitrogen and oxygen atoms in total. The first kappa shape index (κ1) is 10.3. The van der Waals surface area contributed by atoms with Gasteiger partial charge in [0.1, 0.15) is 0 Å². The normalized spacial score (nSPS) is 11.8. The van der Waals surface area contributed by atoms with E-state index in [1.54, 1.807) is 0 Å². The zero-order valence-electron chi connectivity index (χ0n) is 8.89. The van der Waals surface area contributed by atoms with Crippen molar-refractivity contribution in [2.45, 2.75) is 39.7 Å². The molecular formula is C12H18O. The van der Waals surface area contributed by atoms with Crippen molar-refractivity contribution in [3.63, 3.8) is 0 Å². The molecule has 0 aromatic heterocycles. The molecule has 1 rings (SSSR count). The number of benzene rings is 1. The lowest BCUT2D eigenvalue weighted by atomic mass is 9.94. The fourth-order valence-corrected chi connectivity index (χ4v) is 1.46.